The van der Waals surface area contributed by atoms with Crippen LogP contribution in [0.25, 0.3) is 0 Å². The molecule has 0 radical (unpaired) electrons. The van der Waals surface area contributed by atoms with Gasteiger partial charge >= 0.3 is 0 Å². The second-order valence-corrected chi connectivity index (χ2v) is 5.73. The van der Waals surface area contributed by atoms with Gasteiger partial charge in [-0.05, 0) is 42.0 Å². The van der Waals surface area contributed by atoms with Gasteiger partial charge in [-0.2, -0.15) is 5.10 Å². The molecule has 0 aliphatic carbocycles. The first-order valence-electron chi connectivity index (χ1n) is 8.45. The molecule has 2 aromatic carbocycles. The number of ether oxygens (including phenoxy) is 2. The van der Waals surface area contributed by atoms with Gasteiger partial charge in [0.1, 0.15) is 12.4 Å². The Hall–Kier alpha value is -3.74. The van der Waals surface area contributed by atoms with Gasteiger partial charge in [0.2, 0.25) is 0 Å². The molecule has 0 aliphatic rings. The van der Waals surface area contributed by atoms with Crippen molar-refractivity contribution < 1.29 is 18.7 Å². The molecule has 7 heteroatoms. The van der Waals surface area contributed by atoms with Crippen LogP contribution < -0.4 is 14.9 Å². The third-order valence-corrected chi connectivity index (χ3v) is 3.83. The van der Waals surface area contributed by atoms with E-state index in [4.69, 9.17) is 9.47 Å². The number of carbonyl (C=O) groups is 1. The average molecular weight is 379 g/mol. The lowest BCUT2D eigenvalue weighted by Crippen LogP contribution is -2.17. The maximum absolute atomic E-state index is 13.7. The van der Waals surface area contributed by atoms with Crippen molar-refractivity contribution in [3.8, 4) is 11.5 Å². The van der Waals surface area contributed by atoms with Crippen LogP contribution in [0.2, 0.25) is 0 Å². The Morgan fingerprint density at radius 2 is 2.04 bits per heavy atom. The highest BCUT2D eigenvalue weighted by molar-refractivity contribution is 5.94. The van der Waals surface area contributed by atoms with Crippen molar-refractivity contribution in [2.75, 3.05) is 7.11 Å². The Bertz CT molecular complexity index is 978. The van der Waals surface area contributed by atoms with Crippen molar-refractivity contribution in [3.05, 3.63) is 89.5 Å². The first kappa shape index (κ1) is 19.0. The lowest BCUT2D eigenvalue weighted by molar-refractivity contribution is 0.0955. The quantitative estimate of drug-likeness (QED) is 0.503. The molecule has 1 amide bonds. The minimum atomic E-state index is -0.360. The zero-order chi connectivity index (χ0) is 19.8. The summed E-state index contributed by atoms with van der Waals surface area (Å²) in [5.74, 6) is 0.261. The second kappa shape index (κ2) is 9.27. The van der Waals surface area contributed by atoms with Crippen LogP contribution in [0.4, 0.5) is 4.39 Å². The minimum absolute atomic E-state index is 0.0810. The zero-order valence-corrected chi connectivity index (χ0v) is 15.1. The molecule has 1 N–H and O–H groups in total. The summed E-state index contributed by atoms with van der Waals surface area (Å²) in [6.45, 7) is 0.0810. The number of aromatic nitrogens is 1. The van der Waals surface area contributed by atoms with E-state index in [9.17, 15) is 9.18 Å². The lowest BCUT2D eigenvalue weighted by Gasteiger charge is -2.11. The van der Waals surface area contributed by atoms with E-state index in [1.807, 2.05) is 0 Å². The number of carbonyl (C=O) groups excluding carboxylic acids is 1. The van der Waals surface area contributed by atoms with Gasteiger partial charge in [-0.25, -0.2) is 9.82 Å². The molecule has 0 bridgehead atoms. The Kier molecular flexibility index (Phi) is 6.30. The van der Waals surface area contributed by atoms with Crippen LogP contribution in [0.15, 0.2) is 72.1 Å². The number of hydrogen-bond acceptors (Lipinski definition) is 5. The number of hydrogen-bond donors (Lipinski definition) is 1. The number of hydrazone groups is 1. The molecule has 0 saturated heterocycles. The monoisotopic (exact) mass is 379 g/mol. The van der Waals surface area contributed by atoms with E-state index in [2.05, 4.69) is 15.5 Å². The Labute approximate surface area is 161 Å². The molecular formula is C21H18FN3O3. The van der Waals surface area contributed by atoms with Crippen LogP contribution in [0.5, 0.6) is 11.5 Å². The predicted molar refractivity (Wildman–Crippen MR) is 103 cm³/mol. The fraction of sp³-hybridized carbons (Fsp3) is 0.0952. The first-order valence-corrected chi connectivity index (χ1v) is 8.45. The van der Waals surface area contributed by atoms with E-state index in [1.165, 1.54) is 25.6 Å². The van der Waals surface area contributed by atoms with Gasteiger partial charge < -0.3 is 9.47 Å². The van der Waals surface area contributed by atoms with Gasteiger partial charge in [-0.3, -0.25) is 9.78 Å². The van der Waals surface area contributed by atoms with Gasteiger partial charge in [0.05, 0.1) is 18.9 Å². The number of nitrogens with one attached hydrogen (secondary N) is 1. The highest BCUT2D eigenvalue weighted by Gasteiger charge is 2.08. The summed E-state index contributed by atoms with van der Waals surface area (Å²) in [5.41, 5.74) is 3.99. The van der Waals surface area contributed by atoms with Crippen LogP contribution >= 0.6 is 0 Å². The second-order valence-electron chi connectivity index (χ2n) is 5.73. The number of halogens is 1. The van der Waals surface area contributed by atoms with Gasteiger partial charge in [0.15, 0.2) is 11.5 Å². The smallest absolute Gasteiger partial charge is 0.272 e. The van der Waals surface area contributed by atoms with Crippen LogP contribution in [0.3, 0.4) is 0 Å². The number of methoxy groups -OCH3 is 1. The molecule has 0 aliphatic heterocycles. The van der Waals surface area contributed by atoms with E-state index in [-0.39, 0.29) is 18.3 Å². The third kappa shape index (κ3) is 4.91. The zero-order valence-electron chi connectivity index (χ0n) is 15.1. The molecule has 28 heavy (non-hydrogen) atoms. The molecule has 0 unspecified atom stereocenters. The first-order chi connectivity index (χ1) is 13.7. The maximum atomic E-state index is 13.7. The Morgan fingerprint density at radius 3 is 2.79 bits per heavy atom. The summed E-state index contributed by atoms with van der Waals surface area (Å²) in [6, 6.07) is 14.9. The molecule has 0 saturated carbocycles. The molecule has 3 rings (SSSR count). The highest BCUT2D eigenvalue weighted by atomic mass is 19.1. The molecule has 0 spiro atoms. The van der Waals surface area contributed by atoms with Gasteiger partial charge in [0, 0.05) is 18.0 Å². The molecule has 1 aromatic heterocycles. The maximum Gasteiger partial charge on any atom is 0.272 e. The van der Waals surface area contributed by atoms with Crippen molar-refractivity contribution >= 4 is 12.1 Å². The van der Waals surface area contributed by atoms with E-state index in [0.717, 1.165) is 0 Å². The lowest BCUT2D eigenvalue weighted by atomic mass is 10.2. The standard InChI is InChI=1S/C21H18FN3O3/c1-27-20-11-15(12-24-25-21(26)16-6-4-10-23-13-16)8-9-19(20)28-14-17-5-2-3-7-18(17)22/h2-13H,14H2,1H3,(H,25,26)/b24-12-. The molecular weight excluding hydrogens is 361 g/mol. The van der Waals surface area contributed by atoms with Crippen molar-refractivity contribution in [3.63, 3.8) is 0 Å². The van der Waals surface area contributed by atoms with Crippen molar-refractivity contribution in [2.24, 2.45) is 5.10 Å². The SMILES string of the molecule is COc1cc(/C=N\NC(=O)c2cccnc2)ccc1OCc1ccccc1F. The number of nitrogens with zero attached hydrogens (tertiary/aromatic N) is 2. The number of pyridine rings is 1. The molecule has 1 heterocycles. The Balaban J connectivity index is 1.64. The van der Waals surface area contributed by atoms with Crippen molar-refractivity contribution in [1.82, 2.24) is 10.4 Å². The highest BCUT2D eigenvalue weighted by Crippen LogP contribution is 2.28. The van der Waals surface area contributed by atoms with E-state index in [0.29, 0.717) is 28.2 Å². The van der Waals surface area contributed by atoms with Crippen LogP contribution in [0.1, 0.15) is 21.5 Å². The summed E-state index contributed by atoms with van der Waals surface area (Å²) in [7, 11) is 1.51. The molecule has 142 valence electrons. The van der Waals surface area contributed by atoms with Crippen LogP contribution in [0, 0.1) is 5.82 Å². The predicted octanol–water partition coefficient (Wildman–Crippen LogP) is 3.57. The molecule has 0 atom stereocenters. The third-order valence-electron chi connectivity index (χ3n) is 3.83. The van der Waals surface area contributed by atoms with Crippen molar-refractivity contribution in [1.29, 1.82) is 0 Å². The fourth-order valence-electron chi connectivity index (χ4n) is 2.38. The summed E-state index contributed by atoms with van der Waals surface area (Å²) < 4.78 is 24.7. The fourth-order valence-corrected chi connectivity index (χ4v) is 2.38. The summed E-state index contributed by atoms with van der Waals surface area (Å²) in [5, 5.41) is 3.93. The van der Waals surface area contributed by atoms with E-state index < -0.39 is 0 Å². The van der Waals surface area contributed by atoms with Gasteiger partial charge in [-0.15, -0.1) is 0 Å². The molecule has 0 fully saturated rings. The molecule has 6 nitrogen and oxygen atoms in total. The van der Waals surface area contributed by atoms with Crippen molar-refractivity contribution in [2.45, 2.75) is 6.61 Å². The van der Waals surface area contributed by atoms with Crippen LogP contribution in [-0.4, -0.2) is 24.2 Å². The largest absolute Gasteiger partial charge is 0.493 e. The topological polar surface area (TPSA) is 72.8 Å². The summed E-state index contributed by atoms with van der Waals surface area (Å²) in [6.07, 6.45) is 4.52. The summed E-state index contributed by atoms with van der Waals surface area (Å²) in [4.78, 5) is 15.8. The average Bonchev–Trinajstić information content (AvgIpc) is 2.74. The number of rotatable bonds is 7. The number of amides is 1. The van der Waals surface area contributed by atoms with Gasteiger partial charge in [0.25, 0.3) is 5.91 Å². The summed E-state index contributed by atoms with van der Waals surface area (Å²) >= 11 is 0. The Morgan fingerprint density at radius 1 is 1.18 bits per heavy atom. The number of benzene rings is 2. The van der Waals surface area contributed by atoms with E-state index in [1.54, 1.807) is 54.7 Å². The van der Waals surface area contributed by atoms with Gasteiger partial charge in [-0.1, -0.05) is 18.2 Å². The van der Waals surface area contributed by atoms with Crippen LogP contribution in [-0.2, 0) is 6.61 Å². The van der Waals surface area contributed by atoms with E-state index >= 15 is 0 Å². The normalized spacial score (nSPS) is 10.6. The molecule has 3 aromatic rings. The minimum Gasteiger partial charge on any atom is -0.493 e.